The summed E-state index contributed by atoms with van der Waals surface area (Å²) in [6.45, 7) is 0. The molecular formula is C16H13ClN4O3. The van der Waals surface area contributed by atoms with Gasteiger partial charge in [0.05, 0.1) is 11.1 Å². The topological polar surface area (TPSA) is 82.6 Å². The van der Waals surface area contributed by atoms with Gasteiger partial charge in [-0.3, -0.25) is 19.8 Å². The molecule has 7 nitrogen and oxygen atoms in total. The highest BCUT2D eigenvalue weighted by atomic mass is 35.5. The number of aromatic nitrogens is 1. The Labute approximate surface area is 142 Å². The van der Waals surface area contributed by atoms with Crippen molar-refractivity contribution in [3.05, 3.63) is 58.2 Å². The van der Waals surface area contributed by atoms with Crippen LogP contribution in [-0.2, 0) is 0 Å². The van der Waals surface area contributed by atoms with Gasteiger partial charge in [-0.15, -0.1) is 0 Å². The Kier molecular flexibility index (Phi) is 3.94. The molecule has 24 heavy (non-hydrogen) atoms. The summed E-state index contributed by atoms with van der Waals surface area (Å²) < 4.78 is 0. The predicted octanol–water partition coefficient (Wildman–Crippen LogP) is 1.74. The predicted molar refractivity (Wildman–Crippen MR) is 88.0 cm³/mol. The highest BCUT2D eigenvalue weighted by Crippen LogP contribution is 2.22. The average molecular weight is 345 g/mol. The van der Waals surface area contributed by atoms with Gasteiger partial charge in [-0.1, -0.05) is 23.7 Å². The van der Waals surface area contributed by atoms with E-state index in [1.54, 1.807) is 31.1 Å². The minimum absolute atomic E-state index is 0.133. The first-order valence-electron chi connectivity index (χ1n) is 7.02. The lowest BCUT2D eigenvalue weighted by molar-refractivity contribution is 0.0518. The van der Waals surface area contributed by atoms with E-state index in [2.05, 4.69) is 10.4 Å². The zero-order valence-electron chi connectivity index (χ0n) is 12.9. The molecule has 0 radical (unpaired) electrons. The van der Waals surface area contributed by atoms with Gasteiger partial charge in [-0.2, -0.15) is 5.01 Å². The molecule has 1 aromatic heterocycles. The molecule has 8 heteroatoms. The molecule has 0 unspecified atom stereocenters. The second kappa shape index (κ2) is 5.93. The number of nitrogens with one attached hydrogen (secondary N) is 1. The summed E-state index contributed by atoms with van der Waals surface area (Å²) in [5.41, 5.74) is 3.02. The molecule has 3 amide bonds. The first-order valence-corrected chi connectivity index (χ1v) is 7.40. The first kappa shape index (κ1) is 15.9. The molecule has 1 aromatic carbocycles. The SMILES string of the molecule is CN(C)c1cc(C(=O)NN2C(=O)c3ccccc3C2=O)cc(Cl)n1. The van der Waals surface area contributed by atoms with Crippen molar-refractivity contribution in [1.29, 1.82) is 0 Å². The van der Waals surface area contributed by atoms with Gasteiger partial charge in [-0.25, -0.2) is 4.98 Å². The molecule has 2 heterocycles. The summed E-state index contributed by atoms with van der Waals surface area (Å²) >= 11 is 5.92. The molecule has 0 atom stereocenters. The van der Waals surface area contributed by atoms with E-state index < -0.39 is 17.7 Å². The van der Waals surface area contributed by atoms with Gasteiger partial charge < -0.3 is 4.90 Å². The lowest BCUT2D eigenvalue weighted by atomic mass is 10.1. The van der Waals surface area contributed by atoms with Crippen LogP contribution in [0.3, 0.4) is 0 Å². The smallest absolute Gasteiger partial charge is 0.280 e. The number of carbonyl (C=O) groups is 3. The molecule has 0 aliphatic carbocycles. The second-order valence-electron chi connectivity index (χ2n) is 5.36. The third-order valence-electron chi connectivity index (χ3n) is 3.51. The number of imide groups is 1. The van der Waals surface area contributed by atoms with Gasteiger partial charge in [0.15, 0.2) is 0 Å². The Morgan fingerprint density at radius 3 is 2.25 bits per heavy atom. The fourth-order valence-corrected chi connectivity index (χ4v) is 2.50. The minimum atomic E-state index is -0.628. The quantitative estimate of drug-likeness (QED) is 0.677. The van der Waals surface area contributed by atoms with Crippen LogP contribution in [0.25, 0.3) is 0 Å². The molecule has 2 aromatic rings. The zero-order valence-corrected chi connectivity index (χ0v) is 13.7. The number of halogens is 1. The zero-order chi connectivity index (χ0) is 17.4. The number of benzene rings is 1. The third kappa shape index (κ3) is 2.69. The van der Waals surface area contributed by atoms with Crippen LogP contribution in [0, 0.1) is 0 Å². The number of pyridine rings is 1. The van der Waals surface area contributed by atoms with Crippen molar-refractivity contribution in [2.24, 2.45) is 0 Å². The van der Waals surface area contributed by atoms with Crippen LogP contribution in [0.15, 0.2) is 36.4 Å². The van der Waals surface area contributed by atoms with E-state index in [9.17, 15) is 14.4 Å². The van der Waals surface area contributed by atoms with Gasteiger partial charge in [-0.05, 0) is 24.3 Å². The standard InChI is InChI=1S/C16H13ClN4O3/c1-20(2)13-8-9(7-12(17)18-13)14(22)19-21-15(23)10-5-3-4-6-11(10)16(21)24/h3-8H,1-2H3,(H,19,22). The number of amides is 3. The molecule has 122 valence electrons. The van der Waals surface area contributed by atoms with E-state index in [4.69, 9.17) is 11.6 Å². The Bertz CT molecular complexity index is 831. The summed E-state index contributed by atoms with van der Waals surface area (Å²) in [7, 11) is 3.51. The van der Waals surface area contributed by atoms with Crippen molar-refractivity contribution in [3.63, 3.8) is 0 Å². The van der Waals surface area contributed by atoms with Gasteiger partial charge in [0.25, 0.3) is 17.7 Å². The van der Waals surface area contributed by atoms with E-state index >= 15 is 0 Å². The van der Waals surface area contributed by atoms with Crippen LogP contribution >= 0.6 is 11.6 Å². The summed E-state index contributed by atoms with van der Waals surface area (Å²) in [6, 6.07) is 9.26. The number of nitrogens with zero attached hydrogens (tertiary/aromatic N) is 3. The van der Waals surface area contributed by atoms with Crippen LogP contribution in [-0.4, -0.2) is 41.8 Å². The Balaban J connectivity index is 1.87. The highest BCUT2D eigenvalue weighted by Gasteiger charge is 2.36. The van der Waals surface area contributed by atoms with E-state index in [0.29, 0.717) is 10.8 Å². The Morgan fingerprint density at radius 2 is 1.71 bits per heavy atom. The number of rotatable bonds is 3. The maximum Gasteiger partial charge on any atom is 0.280 e. The second-order valence-corrected chi connectivity index (χ2v) is 5.75. The van der Waals surface area contributed by atoms with Crippen LogP contribution in [0.2, 0.25) is 5.15 Å². The molecule has 0 fully saturated rings. The van der Waals surface area contributed by atoms with Crippen LogP contribution in [0.4, 0.5) is 5.82 Å². The number of carbonyl (C=O) groups excluding carboxylic acids is 3. The molecule has 3 rings (SSSR count). The average Bonchev–Trinajstić information content (AvgIpc) is 2.79. The van der Waals surface area contributed by atoms with Crippen molar-refractivity contribution in [1.82, 2.24) is 15.4 Å². The van der Waals surface area contributed by atoms with Crippen molar-refractivity contribution in [2.75, 3.05) is 19.0 Å². The summed E-state index contributed by atoms with van der Waals surface area (Å²) in [4.78, 5) is 42.7. The van der Waals surface area contributed by atoms with Crippen molar-refractivity contribution in [2.45, 2.75) is 0 Å². The number of anilines is 1. The molecule has 0 spiro atoms. The first-order chi connectivity index (χ1) is 11.4. The van der Waals surface area contributed by atoms with Gasteiger partial charge in [0.2, 0.25) is 0 Å². The molecule has 0 saturated carbocycles. The monoisotopic (exact) mass is 344 g/mol. The van der Waals surface area contributed by atoms with Crippen LogP contribution in [0.5, 0.6) is 0 Å². The van der Waals surface area contributed by atoms with E-state index in [1.165, 1.54) is 24.3 Å². The third-order valence-corrected chi connectivity index (χ3v) is 3.70. The molecule has 1 aliphatic heterocycles. The van der Waals surface area contributed by atoms with E-state index in [1.807, 2.05) is 0 Å². The molecule has 0 saturated heterocycles. The molecular weight excluding hydrogens is 332 g/mol. The fraction of sp³-hybridized carbons (Fsp3) is 0.125. The fourth-order valence-electron chi connectivity index (χ4n) is 2.30. The van der Waals surface area contributed by atoms with Crippen LogP contribution < -0.4 is 10.3 Å². The normalized spacial score (nSPS) is 13.0. The maximum absolute atomic E-state index is 12.4. The minimum Gasteiger partial charge on any atom is -0.363 e. The number of hydrogen-bond donors (Lipinski definition) is 1. The number of hydrazine groups is 1. The highest BCUT2D eigenvalue weighted by molar-refractivity contribution is 6.30. The molecule has 1 aliphatic rings. The van der Waals surface area contributed by atoms with Crippen molar-refractivity contribution >= 4 is 35.1 Å². The van der Waals surface area contributed by atoms with Crippen molar-refractivity contribution in [3.8, 4) is 0 Å². The summed E-state index contributed by atoms with van der Waals surface area (Å²) in [5.74, 6) is -1.29. The number of fused-ring (bicyclic) bond motifs is 1. The van der Waals surface area contributed by atoms with Gasteiger partial charge >= 0.3 is 0 Å². The van der Waals surface area contributed by atoms with Gasteiger partial charge in [0.1, 0.15) is 11.0 Å². The lowest BCUT2D eigenvalue weighted by Crippen LogP contribution is -2.45. The molecule has 1 N–H and O–H groups in total. The molecule has 0 bridgehead atoms. The Morgan fingerprint density at radius 1 is 1.12 bits per heavy atom. The lowest BCUT2D eigenvalue weighted by Gasteiger charge is -2.16. The summed E-state index contributed by atoms with van der Waals surface area (Å²) in [5, 5.41) is 0.838. The van der Waals surface area contributed by atoms with Crippen molar-refractivity contribution < 1.29 is 14.4 Å². The maximum atomic E-state index is 12.4. The Hall–Kier alpha value is -2.93. The van der Waals surface area contributed by atoms with E-state index in [0.717, 1.165) is 0 Å². The number of hydrogen-bond acceptors (Lipinski definition) is 5. The van der Waals surface area contributed by atoms with Gasteiger partial charge in [0, 0.05) is 19.7 Å². The largest absolute Gasteiger partial charge is 0.363 e. The van der Waals surface area contributed by atoms with Crippen LogP contribution in [0.1, 0.15) is 31.1 Å². The van der Waals surface area contributed by atoms with E-state index in [-0.39, 0.29) is 21.8 Å². The summed E-state index contributed by atoms with van der Waals surface area (Å²) in [6.07, 6.45) is 0.